The molecular weight excluding hydrogens is 425 g/mol. The molecule has 0 aliphatic carbocycles. The van der Waals surface area contributed by atoms with E-state index in [2.05, 4.69) is 46.3 Å². The molecule has 1 aromatic heterocycles. The molecule has 2 N–H and O–H groups in total. The predicted octanol–water partition coefficient (Wildman–Crippen LogP) is 2.83. The first-order valence-corrected chi connectivity index (χ1v) is 8.82. The average molecular weight is 453 g/mol. The minimum absolute atomic E-state index is 0. The number of aliphatic imine (C=N–C) groups is 1. The molecule has 2 heterocycles. The summed E-state index contributed by atoms with van der Waals surface area (Å²) in [5, 5.41) is 11.1. The van der Waals surface area contributed by atoms with E-state index in [4.69, 9.17) is 9.47 Å². The van der Waals surface area contributed by atoms with Crippen LogP contribution in [-0.2, 0) is 9.47 Å². The molecule has 0 bridgehead atoms. The number of nitrogens with one attached hydrogen (secondary N) is 2. The Bertz CT molecular complexity index is 450. The Balaban J connectivity index is 0.00000264. The Morgan fingerprint density at radius 3 is 2.96 bits per heavy atom. The van der Waals surface area contributed by atoms with Gasteiger partial charge >= 0.3 is 0 Å². The van der Waals surface area contributed by atoms with Crippen LogP contribution in [0.15, 0.2) is 21.8 Å². The highest BCUT2D eigenvalue weighted by Gasteiger charge is 2.17. The quantitative estimate of drug-likeness (QED) is 0.379. The van der Waals surface area contributed by atoms with Gasteiger partial charge in [-0.15, -0.1) is 24.0 Å². The molecule has 23 heavy (non-hydrogen) atoms. The fourth-order valence-corrected chi connectivity index (χ4v) is 3.10. The Kier molecular flexibility index (Phi) is 10.1. The molecule has 1 aromatic rings. The van der Waals surface area contributed by atoms with Gasteiger partial charge in [0, 0.05) is 26.2 Å². The van der Waals surface area contributed by atoms with Crippen LogP contribution in [0, 0.1) is 0 Å². The molecule has 132 valence electrons. The maximum absolute atomic E-state index is 5.83. The summed E-state index contributed by atoms with van der Waals surface area (Å²) < 4.78 is 11.1. The third-order valence-corrected chi connectivity index (χ3v) is 4.47. The summed E-state index contributed by atoms with van der Waals surface area (Å²) in [5.74, 6) is 1.29. The topological polar surface area (TPSA) is 54.9 Å². The number of hydrogen-bond acceptors (Lipinski definition) is 4. The largest absolute Gasteiger partial charge is 0.379 e. The number of halogens is 1. The summed E-state index contributed by atoms with van der Waals surface area (Å²) >= 11 is 1.74. The van der Waals surface area contributed by atoms with Crippen molar-refractivity contribution in [2.24, 2.45) is 4.99 Å². The van der Waals surface area contributed by atoms with Crippen molar-refractivity contribution in [3.8, 4) is 0 Å². The molecule has 3 atom stereocenters. The van der Waals surface area contributed by atoms with E-state index >= 15 is 0 Å². The second kappa shape index (κ2) is 11.2. The summed E-state index contributed by atoms with van der Waals surface area (Å²) in [6.07, 6.45) is 1.25. The number of guanidine groups is 1. The van der Waals surface area contributed by atoms with Gasteiger partial charge in [-0.1, -0.05) is 6.92 Å². The van der Waals surface area contributed by atoms with Crippen LogP contribution in [0.25, 0.3) is 0 Å². The predicted molar refractivity (Wildman–Crippen MR) is 107 cm³/mol. The fraction of sp³-hybridized carbons (Fsp3) is 0.688. The van der Waals surface area contributed by atoms with E-state index in [1.165, 1.54) is 5.56 Å². The van der Waals surface area contributed by atoms with E-state index in [1.54, 1.807) is 18.4 Å². The van der Waals surface area contributed by atoms with Gasteiger partial charge in [-0.2, -0.15) is 11.3 Å². The first-order valence-electron chi connectivity index (χ1n) is 7.87. The Labute approximate surface area is 160 Å². The van der Waals surface area contributed by atoms with Crippen molar-refractivity contribution in [2.45, 2.75) is 38.3 Å². The second-order valence-electron chi connectivity index (χ2n) is 5.78. The summed E-state index contributed by atoms with van der Waals surface area (Å²) in [6.45, 7) is 7.38. The average Bonchev–Trinajstić information content (AvgIpc) is 3.22. The fourth-order valence-electron chi connectivity index (χ4n) is 2.32. The molecule has 7 heteroatoms. The lowest BCUT2D eigenvalue weighted by molar-refractivity contribution is 0.0347. The SMILES string of the molecule is CN=C(NCC(C)c1ccsc1)NC(C)COC1CCOC1.I. The minimum atomic E-state index is 0. The molecule has 3 unspecified atom stereocenters. The first kappa shape index (κ1) is 20.7. The number of thiophene rings is 1. The first-order chi connectivity index (χ1) is 10.7. The maximum Gasteiger partial charge on any atom is 0.191 e. The van der Waals surface area contributed by atoms with Crippen molar-refractivity contribution in [3.63, 3.8) is 0 Å². The van der Waals surface area contributed by atoms with Gasteiger partial charge in [0.15, 0.2) is 5.96 Å². The third-order valence-electron chi connectivity index (χ3n) is 3.76. The third kappa shape index (κ3) is 7.36. The number of hydrogen-bond donors (Lipinski definition) is 2. The molecule has 0 radical (unpaired) electrons. The highest BCUT2D eigenvalue weighted by molar-refractivity contribution is 14.0. The zero-order valence-corrected chi connectivity index (χ0v) is 17.2. The van der Waals surface area contributed by atoms with Gasteiger partial charge in [0.2, 0.25) is 0 Å². The van der Waals surface area contributed by atoms with E-state index < -0.39 is 0 Å². The highest BCUT2D eigenvalue weighted by Crippen LogP contribution is 2.17. The Hall–Kier alpha value is -0.380. The van der Waals surface area contributed by atoms with Crippen LogP contribution in [0.5, 0.6) is 0 Å². The number of nitrogens with zero attached hydrogens (tertiary/aromatic N) is 1. The molecule has 2 rings (SSSR count). The van der Waals surface area contributed by atoms with Crippen LogP contribution in [0.2, 0.25) is 0 Å². The smallest absolute Gasteiger partial charge is 0.191 e. The van der Waals surface area contributed by atoms with Gasteiger partial charge in [-0.05, 0) is 41.7 Å². The van der Waals surface area contributed by atoms with Crippen LogP contribution in [0.1, 0.15) is 31.7 Å². The molecule has 0 aromatic carbocycles. The molecular formula is C16H28IN3O2S. The van der Waals surface area contributed by atoms with Crippen molar-refractivity contribution < 1.29 is 9.47 Å². The van der Waals surface area contributed by atoms with Crippen LogP contribution in [-0.4, -0.2) is 51.5 Å². The van der Waals surface area contributed by atoms with Crippen molar-refractivity contribution in [1.82, 2.24) is 10.6 Å². The Morgan fingerprint density at radius 2 is 2.35 bits per heavy atom. The molecule has 1 saturated heterocycles. The van der Waals surface area contributed by atoms with Crippen molar-refractivity contribution in [1.29, 1.82) is 0 Å². The van der Waals surface area contributed by atoms with Crippen LogP contribution < -0.4 is 10.6 Å². The molecule has 5 nitrogen and oxygen atoms in total. The molecule has 0 amide bonds. The molecule has 0 spiro atoms. The van der Waals surface area contributed by atoms with Gasteiger partial charge < -0.3 is 20.1 Å². The van der Waals surface area contributed by atoms with E-state index in [1.807, 2.05) is 0 Å². The lowest BCUT2D eigenvalue weighted by atomic mass is 10.1. The summed E-state index contributed by atoms with van der Waals surface area (Å²) in [7, 11) is 1.79. The van der Waals surface area contributed by atoms with E-state index in [-0.39, 0.29) is 36.1 Å². The summed E-state index contributed by atoms with van der Waals surface area (Å²) in [6, 6.07) is 2.39. The van der Waals surface area contributed by atoms with Gasteiger partial charge in [0.25, 0.3) is 0 Å². The second-order valence-corrected chi connectivity index (χ2v) is 6.56. The molecule has 0 saturated carbocycles. The zero-order chi connectivity index (χ0) is 15.8. The van der Waals surface area contributed by atoms with E-state index in [9.17, 15) is 0 Å². The monoisotopic (exact) mass is 453 g/mol. The lowest BCUT2D eigenvalue weighted by Gasteiger charge is -2.21. The molecule has 1 fully saturated rings. The summed E-state index contributed by atoms with van der Waals surface area (Å²) in [4.78, 5) is 4.28. The van der Waals surface area contributed by atoms with Crippen molar-refractivity contribution in [3.05, 3.63) is 22.4 Å². The summed E-state index contributed by atoms with van der Waals surface area (Å²) in [5.41, 5.74) is 1.37. The van der Waals surface area contributed by atoms with Crippen molar-refractivity contribution in [2.75, 3.05) is 33.4 Å². The lowest BCUT2D eigenvalue weighted by Crippen LogP contribution is -2.45. The van der Waals surface area contributed by atoms with Gasteiger partial charge in [-0.25, -0.2) is 0 Å². The standard InChI is InChI=1S/C16H27N3O2S.HI/c1-12(14-5-7-22-11-14)8-18-16(17-3)19-13(2)9-21-15-4-6-20-10-15;/h5,7,11-13,15H,4,6,8-10H2,1-3H3,(H2,17,18,19);1H. The Morgan fingerprint density at radius 1 is 1.52 bits per heavy atom. The van der Waals surface area contributed by atoms with Gasteiger partial charge in [-0.3, -0.25) is 4.99 Å². The van der Waals surface area contributed by atoms with Crippen molar-refractivity contribution >= 4 is 41.3 Å². The van der Waals surface area contributed by atoms with Crippen LogP contribution in [0.3, 0.4) is 0 Å². The molecule has 1 aliphatic rings. The zero-order valence-electron chi connectivity index (χ0n) is 14.1. The van der Waals surface area contributed by atoms with E-state index in [0.29, 0.717) is 12.5 Å². The normalized spacial score (nSPS) is 20.7. The number of rotatable bonds is 7. The van der Waals surface area contributed by atoms with E-state index in [0.717, 1.165) is 32.1 Å². The molecule has 1 aliphatic heterocycles. The maximum atomic E-state index is 5.83. The number of ether oxygens (including phenoxy) is 2. The van der Waals surface area contributed by atoms with Gasteiger partial charge in [0.1, 0.15) is 0 Å². The van der Waals surface area contributed by atoms with Gasteiger partial charge in [0.05, 0.1) is 19.3 Å². The minimum Gasteiger partial charge on any atom is -0.379 e. The highest BCUT2D eigenvalue weighted by atomic mass is 127. The van der Waals surface area contributed by atoms with Crippen LogP contribution >= 0.6 is 35.3 Å². The van der Waals surface area contributed by atoms with Crippen LogP contribution in [0.4, 0.5) is 0 Å².